The molecule has 2 rings (SSSR count). The van der Waals surface area contributed by atoms with Crippen LogP contribution in [0.25, 0.3) is 0 Å². The molecular formula is C16H23N3O2. The van der Waals surface area contributed by atoms with E-state index < -0.39 is 12.1 Å². The number of rotatable bonds is 5. The molecular weight excluding hydrogens is 266 g/mol. The van der Waals surface area contributed by atoms with Gasteiger partial charge in [-0.1, -0.05) is 30.3 Å². The Labute approximate surface area is 125 Å². The lowest BCUT2D eigenvalue weighted by Crippen LogP contribution is -2.49. The zero-order chi connectivity index (χ0) is 15.4. The second-order valence-corrected chi connectivity index (χ2v) is 5.77. The van der Waals surface area contributed by atoms with Crippen LogP contribution in [0.2, 0.25) is 0 Å². The molecule has 1 unspecified atom stereocenters. The van der Waals surface area contributed by atoms with Gasteiger partial charge in [-0.3, -0.25) is 9.59 Å². The SMILES string of the molecule is CC(C)N1CCC(NC(=O)[C@@H](N)Cc2ccccc2)C1=O. The van der Waals surface area contributed by atoms with Crippen LogP contribution in [0.1, 0.15) is 25.8 Å². The van der Waals surface area contributed by atoms with E-state index in [9.17, 15) is 9.59 Å². The number of hydrogen-bond acceptors (Lipinski definition) is 3. The molecule has 1 heterocycles. The topological polar surface area (TPSA) is 75.4 Å². The highest BCUT2D eigenvalue weighted by molar-refractivity contribution is 5.91. The molecule has 2 atom stereocenters. The Hall–Kier alpha value is -1.88. The molecule has 2 amide bonds. The Bertz CT molecular complexity index is 502. The van der Waals surface area contributed by atoms with Gasteiger partial charge >= 0.3 is 0 Å². The van der Waals surface area contributed by atoms with Crippen molar-refractivity contribution in [3.05, 3.63) is 35.9 Å². The third-order valence-electron chi connectivity index (χ3n) is 3.81. The Balaban J connectivity index is 1.88. The van der Waals surface area contributed by atoms with Crippen LogP contribution in [0.15, 0.2) is 30.3 Å². The Morgan fingerprint density at radius 3 is 2.62 bits per heavy atom. The number of nitrogens with zero attached hydrogens (tertiary/aromatic N) is 1. The Morgan fingerprint density at radius 1 is 1.38 bits per heavy atom. The van der Waals surface area contributed by atoms with Crippen molar-refractivity contribution in [1.29, 1.82) is 0 Å². The molecule has 0 aliphatic carbocycles. The van der Waals surface area contributed by atoms with Crippen molar-refractivity contribution in [2.75, 3.05) is 6.54 Å². The van der Waals surface area contributed by atoms with E-state index in [2.05, 4.69) is 5.32 Å². The fourth-order valence-electron chi connectivity index (χ4n) is 2.59. The number of likely N-dealkylation sites (tertiary alicyclic amines) is 1. The monoisotopic (exact) mass is 289 g/mol. The molecule has 0 bridgehead atoms. The quantitative estimate of drug-likeness (QED) is 0.837. The predicted molar refractivity (Wildman–Crippen MR) is 81.5 cm³/mol. The van der Waals surface area contributed by atoms with Crippen LogP contribution in [0.5, 0.6) is 0 Å². The largest absolute Gasteiger partial charge is 0.343 e. The maximum atomic E-state index is 12.1. The Morgan fingerprint density at radius 2 is 2.05 bits per heavy atom. The number of carbonyl (C=O) groups excluding carboxylic acids is 2. The minimum atomic E-state index is -0.631. The first kappa shape index (κ1) is 15.5. The van der Waals surface area contributed by atoms with E-state index in [4.69, 9.17) is 5.73 Å². The van der Waals surface area contributed by atoms with Crippen molar-refractivity contribution in [1.82, 2.24) is 10.2 Å². The van der Waals surface area contributed by atoms with E-state index in [0.29, 0.717) is 19.4 Å². The number of carbonyl (C=O) groups is 2. The van der Waals surface area contributed by atoms with Gasteiger partial charge in [0.05, 0.1) is 6.04 Å². The van der Waals surface area contributed by atoms with Gasteiger partial charge in [-0.2, -0.15) is 0 Å². The smallest absolute Gasteiger partial charge is 0.245 e. The van der Waals surface area contributed by atoms with Crippen molar-refractivity contribution < 1.29 is 9.59 Å². The summed E-state index contributed by atoms with van der Waals surface area (Å²) in [6.45, 7) is 4.64. The van der Waals surface area contributed by atoms with Crippen molar-refractivity contribution >= 4 is 11.8 Å². The summed E-state index contributed by atoms with van der Waals surface area (Å²) >= 11 is 0. The van der Waals surface area contributed by atoms with Crippen molar-refractivity contribution in [3.8, 4) is 0 Å². The third-order valence-corrected chi connectivity index (χ3v) is 3.81. The van der Waals surface area contributed by atoms with Crippen LogP contribution in [0, 0.1) is 0 Å². The highest BCUT2D eigenvalue weighted by Gasteiger charge is 2.34. The summed E-state index contributed by atoms with van der Waals surface area (Å²) in [6, 6.07) is 8.74. The number of nitrogens with one attached hydrogen (secondary N) is 1. The number of amides is 2. The van der Waals surface area contributed by atoms with E-state index in [1.54, 1.807) is 4.90 Å². The van der Waals surface area contributed by atoms with Crippen LogP contribution in [0.3, 0.4) is 0 Å². The molecule has 114 valence electrons. The summed E-state index contributed by atoms with van der Waals surface area (Å²) in [7, 11) is 0. The second-order valence-electron chi connectivity index (χ2n) is 5.77. The summed E-state index contributed by atoms with van der Waals surface area (Å²) in [5, 5.41) is 2.78. The summed E-state index contributed by atoms with van der Waals surface area (Å²) < 4.78 is 0. The van der Waals surface area contributed by atoms with Gasteiger partial charge in [-0.25, -0.2) is 0 Å². The van der Waals surface area contributed by atoms with Gasteiger partial charge in [0.25, 0.3) is 0 Å². The lowest BCUT2D eigenvalue weighted by atomic mass is 10.1. The maximum Gasteiger partial charge on any atom is 0.245 e. The summed E-state index contributed by atoms with van der Waals surface area (Å²) in [5.74, 6) is -0.270. The lowest BCUT2D eigenvalue weighted by molar-refractivity contribution is -0.134. The Kier molecular flexibility index (Phi) is 4.96. The zero-order valence-corrected chi connectivity index (χ0v) is 12.6. The molecule has 1 aromatic rings. The number of hydrogen-bond donors (Lipinski definition) is 2. The summed E-state index contributed by atoms with van der Waals surface area (Å²) in [6.07, 6.45) is 1.13. The molecule has 5 nitrogen and oxygen atoms in total. The van der Waals surface area contributed by atoms with E-state index in [1.807, 2.05) is 44.2 Å². The number of benzene rings is 1. The van der Waals surface area contributed by atoms with Gasteiger partial charge in [-0.15, -0.1) is 0 Å². The molecule has 1 aromatic carbocycles. The highest BCUT2D eigenvalue weighted by Crippen LogP contribution is 2.14. The van der Waals surface area contributed by atoms with Gasteiger partial charge in [0, 0.05) is 12.6 Å². The van der Waals surface area contributed by atoms with Crippen LogP contribution >= 0.6 is 0 Å². The van der Waals surface area contributed by atoms with Gasteiger partial charge < -0.3 is 16.0 Å². The average molecular weight is 289 g/mol. The van der Waals surface area contributed by atoms with Gasteiger partial charge in [0.1, 0.15) is 6.04 Å². The molecule has 21 heavy (non-hydrogen) atoms. The van der Waals surface area contributed by atoms with Gasteiger partial charge in [0.2, 0.25) is 11.8 Å². The van der Waals surface area contributed by atoms with Crippen LogP contribution in [0.4, 0.5) is 0 Å². The molecule has 0 aromatic heterocycles. The minimum absolute atomic E-state index is 0.00902. The second kappa shape index (κ2) is 6.72. The van der Waals surface area contributed by atoms with Crippen molar-refractivity contribution in [2.24, 2.45) is 5.73 Å². The third kappa shape index (κ3) is 3.82. The fraction of sp³-hybridized carbons (Fsp3) is 0.500. The highest BCUT2D eigenvalue weighted by atomic mass is 16.2. The molecule has 1 aliphatic rings. The van der Waals surface area contributed by atoms with Crippen LogP contribution in [-0.2, 0) is 16.0 Å². The van der Waals surface area contributed by atoms with Gasteiger partial charge in [0.15, 0.2) is 0 Å². The van der Waals surface area contributed by atoms with E-state index >= 15 is 0 Å². The van der Waals surface area contributed by atoms with Crippen molar-refractivity contribution in [3.63, 3.8) is 0 Å². The molecule has 0 radical (unpaired) electrons. The first-order valence-electron chi connectivity index (χ1n) is 7.39. The summed E-state index contributed by atoms with van der Waals surface area (Å²) in [5.41, 5.74) is 6.95. The van der Waals surface area contributed by atoms with E-state index in [0.717, 1.165) is 5.56 Å². The molecule has 1 saturated heterocycles. The van der Waals surface area contributed by atoms with Crippen LogP contribution < -0.4 is 11.1 Å². The molecule has 1 aliphatic heterocycles. The maximum absolute atomic E-state index is 12.1. The number of nitrogens with two attached hydrogens (primary N) is 1. The first-order chi connectivity index (χ1) is 9.99. The molecule has 0 saturated carbocycles. The standard InChI is InChI=1S/C16H23N3O2/c1-11(2)19-9-8-14(16(19)21)18-15(20)13(17)10-12-6-4-3-5-7-12/h3-7,11,13-14H,8-10,17H2,1-2H3,(H,18,20)/t13-,14?/m0/s1. The first-order valence-corrected chi connectivity index (χ1v) is 7.39. The lowest BCUT2D eigenvalue weighted by Gasteiger charge is -2.21. The van der Waals surface area contributed by atoms with Gasteiger partial charge in [-0.05, 0) is 32.3 Å². The van der Waals surface area contributed by atoms with Crippen LogP contribution in [-0.4, -0.2) is 41.4 Å². The van der Waals surface area contributed by atoms with E-state index in [-0.39, 0.29) is 17.9 Å². The predicted octanol–water partition coefficient (Wildman–Crippen LogP) is 0.682. The average Bonchev–Trinajstić information content (AvgIpc) is 2.81. The normalized spacial score (nSPS) is 19.9. The summed E-state index contributed by atoms with van der Waals surface area (Å²) in [4.78, 5) is 26.0. The zero-order valence-electron chi connectivity index (χ0n) is 12.6. The fourth-order valence-corrected chi connectivity index (χ4v) is 2.59. The molecule has 1 fully saturated rings. The molecule has 3 N–H and O–H groups in total. The molecule has 5 heteroatoms. The minimum Gasteiger partial charge on any atom is -0.343 e. The molecule has 0 spiro atoms. The van der Waals surface area contributed by atoms with Crippen molar-refractivity contribution in [2.45, 2.75) is 44.8 Å². The van der Waals surface area contributed by atoms with E-state index in [1.165, 1.54) is 0 Å².